The van der Waals surface area contributed by atoms with Crippen LogP contribution in [0.15, 0.2) is 90.1 Å². The van der Waals surface area contributed by atoms with Crippen molar-refractivity contribution in [3.8, 4) is 0 Å². The van der Waals surface area contributed by atoms with Crippen LogP contribution < -0.4 is 16.5 Å². The van der Waals surface area contributed by atoms with E-state index in [-0.39, 0.29) is 31.6 Å². The van der Waals surface area contributed by atoms with Crippen LogP contribution in [0.25, 0.3) is 0 Å². The van der Waals surface area contributed by atoms with Crippen LogP contribution in [0.1, 0.15) is 79.1 Å². The number of fused-ring (bicyclic) bond motifs is 2. The molecular weight excluding hydrogens is 947 g/mol. The second kappa shape index (κ2) is 30.7. The second-order valence-corrected chi connectivity index (χ2v) is 18.7. The molecule has 3 aliphatic heterocycles. The molecule has 3 aliphatic rings. The number of rotatable bonds is 4. The van der Waals surface area contributed by atoms with Crippen LogP contribution in [0.3, 0.4) is 0 Å². The lowest BCUT2D eigenvalue weighted by atomic mass is 9.87. The number of hydrogen-bond acceptors (Lipinski definition) is 19. The van der Waals surface area contributed by atoms with Crippen molar-refractivity contribution >= 4 is 18.0 Å². The number of aliphatic imine (C=N–C) groups is 1. The molecule has 16 N–H and O–H groups in total. The van der Waals surface area contributed by atoms with E-state index in [1.807, 2.05) is 13.0 Å². The van der Waals surface area contributed by atoms with Crippen LogP contribution >= 0.6 is 0 Å². The zero-order chi connectivity index (χ0) is 53.7. The molecule has 2 saturated heterocycles. The van der Waals surface area contributed by atoms with Crippen LogP contribution in [-0.4, -0.2) is 195 Å². The Bertz CT molecular complexity index is 1900. The van der Waals surface area contributed by atoms with Gasteiger partial charge in [0.1, 0.15) is 24.4 Å². The second-order valence-electron chi connectivity index (χ2n) is 18.7. The Kier molecular flexibility index (Phi) is 26.4. The van der Waals surface area contributed by atoms with Crippen molar-refractivity contribution in [1.82, 2.24) is 15.9 Å². The Hall–Kier alpha value is -4.41. The van der Waals surface area contributed by atoms with E-state index in [4.69, 9.17) is 24.7 Å². The molecule has 2 bridgehead atoms. The number of allylic oxidation sites excluding steroid dienone is 12. The molecule has 0 unspecified atom stereocenters. The summed E-state index contributed by atoms with van der Waals surface area (Å²) in [5, 5.41) is 132. The third-order valence-electron chi connectivity index (χ3n) is 12.7. The number of nitrogens with one attached hydrogen (secondary N) is 2. The lowest BCUT2D eigenvalue weighted by Crippen LogP contribution is -2.63. The number of hydrogen-bond donors (Lipinski definition) is 15. The van der Waals surface area contributed by atoms with Crippen LogP contribution in [0, 0.1) is 11.8 Å². The topological polar surface area (TPSA) is 379 Å². The maximum absolute atomic E-state index is 12.7. The highest BCUT2D eigenvalue weighted by atomic mass is 16.7. The van der Waals surface area contributed by atoms with Crippen molar-refractivity contribution in [2.45, 2.75) is 183 Å². The third kappa shape index (κ3) is 20.8. The van der Waals surface area contributed by atoms with E-state index in [9.17, 15) is 71.1 Å². The molecule has 408 valence electrons. The lowest BCUT2D eigenvalue weighted by Gasteiger charge is -2.46. The molecule has 0 aromatic carbocycles. The molecule has 72 heavy (non-hydrogen) atoms. The van der Waals surface area contributed by atoms with Gasteiger partial charge in [-0.15, -0.1) is 0 Å². The van der Waals surface area contributed by atoms with Crippen molar-refractivity contribution in [2.24, 2.45) is 22.6 Å². The number of amides is 2. The fourth-order valence-corrected chi connectivity index (χ4v) is 8.35. The minimum absolute atomic E-state index is 0.126. The van der Waals surface area contributed by atoms with Gasteiger partial charge in [0, 0.05) is 44.6 Å². The minimum atomic E-state index is -2.35. The summed E-state index contributed by atoms with van der Waals surface area (Å²) >= 11 is 0. The van der Waals surface area contributed by atoms with Crippen LogP contribution in [-0.2, 0) is 23.7 Å². The summed E-state index contributed by atoms with van der Waals surface area (Å²) in [5.74, 6) is -4.29. The van der Waals surface area contributed by atoms with Gasteiger partial charge in [-0.05, 0) is 33.1 Å². The van der Waals surface area contributed by atoms with Gasteiger partial charge in [0.25, 0.3) is 0 Å². The number of esters is 1. The summed E-state index contributed by atoms with van der Waals surface area (Å²) in [5.41, 5.74) is 7.20. The highest BCUT2D eigenvalue weighted by molar-refractivity contribution is 5.76. The molecule has 3 rings (SSSR count). The van der Waals surface area contributed by atoms with Gasteiger partial charge in [0.05, 0.1) is 73.5 Å². The predicted molar refractivity (Wildman–Crippen MR) is 260 cm³/mol. The summed E-state index contributed by atoms with van der Waals surface area (Å²) in [6.07, 6.45) is 2.48. The monoisotopic (exact) mass is 1030 g/mol. The Morgan fingerprint density at radius 3 is 1.90 bits per heavy atom. The highest BCUT2D eigenvalue weighted by Crippen LogP contribution is 2.35. The first kappa shape index (κ1) is 61.9. The molecule has 19 atom stereocenters. The molecule has 0 saturated carbocycles. The molecule has 2 fully saturated rings. The molecular formula is C49H79N5O18. The number of urea groups is 1. The van der Waals surface area contributed by atoms with Gasteiger partial charge in [0.15, 0.2) is 12.1 Å². The average molecular weight is 1030 g/mol. The van der Waals surface area contributed by atoms with Crippen LogP contribution in [0.2, 0.25) is 0 Å². The molecule has 0 aromatic rings. The number of guanidine groups is 1. The van der Waals surface area contributed by atoms with E-state index in [1.165, 1.54) is 25.5 Å². The predicted octanol–water partition coefficient (Wildman–Crippen LogP) is -0.255. The number of carbonyl (C=O) groups is 2. The largest absolute Gasteiger partial charge is 0.462 e. The molecule has 3 heterocycles. The number of aliphatic hydroxyl groups excluding tert-OH is 9. The van der Waals surface area contributed by atoms with Crippen molar-refractivity contribution < 1.29 is 90.0 Å². The first-order valence-corrected chi connectivity index (χ1v) is 24.1. The third-order valence-corrected chi connectivity index (χ3v) is 12.7. The molecule has 2 amide bonds. The normalized spacial score (nSPS) is 42.3. The Morgan fingerprint density at radius 1 is 0.736 bits per heavy atom. The van der Waals surface area contributed by atoms with Gasteiger partial charge >= 0.3 is 12.0 Å². The number of cyclic esters (lactones) is 1. The Morgan fingerprint density at radius 2 is 1.32 bits per heavy atom. The number of hydroxylamine groups is 3. The van der Waals surface area contributed by atoms with E-state index in [2.05, 4.69) is 10.3 Å². The van der Waals surface area contributed by atoms with Crippen molar-refractivity contribution in [3.63, 3.8) is 0 Å². The molecule has 23 nitrogen and oxygen atoms in total. The van der Waals surface area contributed by atoms with E-state index in [0.717, 1.165) is 0 Å². The zero-order valence-corrected chi connectivity index (χ0v) is 41.4. The summed E-state index contributed by atoms with van der Waals surface area (Å²) in [7, 11) is 1.18. The fraction of sp³-hybridized carbons (Fsp3) is 0.653. The van der Waals surface area contributed by atoms with Crippen LogP contribution in [0.4, 0.5) is 4.79 Å². The first-order chi connectivity index (χ1) is 33.9. The smallest absolute Gasteiger partial charge is 0.338 e. The quantitative estimate of drug-likeness (QED) is 0.0567. The summed E-state index contributed by atoms with van der Waals surface area (Å²) < 4.78 is 23.6. The SMILES string of the molecule is C[C@@H]1[C@H](O)[C@@H](C)/C=C/C=C/C=C/C=C/C=C/C=C/C=C/[C@H](O[C@@H]2O[C@H](C)[C@@H](O)[C@H](/N=C(\N)N(C)O)[C@@H]2O)C[C@@H]2O[C@](O)(C[C@@H](O)C[C@@H](O)[C@H](O)CC[C@@H](O)C[C@@H](O)CC(=O)O[C@H]1C)C[C@H](O)[C@H]2NC(=O)NO. The number of nitrogens with two attached hydrogens (primary N) is 1. The molecule has 0 aromatic heterocycles. The van der Waals surface area contributed by atoms with Crippen molar-refractivity contribution in [2.75, 3.05) is 7.05 Å². The van der Waals surface area contributed by atoms with Gasteiger partial charge < -0.3 is 81.1 Å². The van der Waals surface area contributed by atoms with E-state index < -0.39 is 153 Å². The number of nitrogens with zero attached hydrogens (tertiary/aromatic N) is 2. The zero-order valence-electron chi connectivity index (χ0n) is 41.4. The Labute approximate surface area is 420 Å². The number of aliphatic hydroxyl groups is 10. The first-order valence-electron chi connectivity index (χ1n) is 24.1. The number of ether oxygens (including phenoxy) is 4. The van der Waals surface area contributed by atoms with Crippen LogP contribution in [0.5, 0.6) is 0 Å². The van der Waals surface area contributed by atoms with Gasteiger partial charge in [-0.1, -0.05) is 98.9 Å². The number of carbonyl (C=O) groups excluding carboxylic acids is 2. The van der Waals surface area contributed by atoms with E-state index >= 15 is 0 Å². The lowest BCUT2D eigenvalue weighted by molar-refractivity contribution is -0.303. The van der Waals surface area contributed by atoms with Gasteiger partial charge in [-0.25, -0.2) is 20.3 Å². The van der Waals surface area contributed by atoms with Gasteiger partial charge in [-0.2, -0.15) is 0 Å². The highest BCUT2D eigenvalue weighted by Gasteiger charge is 2.49. The molecule has 0 radical (unpaired) electrons. The van der Waals surface area contributed by atoms with Crippen molar-refractivity contribution in [3.05, 3.63) is 85.1 Å². The van der Waals surface area contributed by atoms with E-state index in [0.29, 0.717) is 5.06 Å². The Balaban J connectivity index is 1.95. The minimum Gasteiger partial charge on any atom is -0.462 e. The standard InChI is InChI=1S/C49H79N5O18/c1-28-18-16-14-12-10-8-6-7-9-11-13-15-17-19-35(71-46-45(64)42(44(63)31(4)70-46)51-47(50)54(5)68)25-39-41(52-48(65)53-67)38(60)27-49(66,72-39)26-34(57)23-37(59)36(58)21-20-32(55)22-33(56)24-40(61)69-30(3)29(2)43(28)62/h6-19,28-39,41-46,55-60,62-64,66-68H,20-27H2,1-5H3,(H2,50,51)(H2,52,53,65)/b7-6+,10-8+,11-9+,14-12+,15-13+,18-16+,19-17+/t28-,29-,30-,31+,32+,33+,34-,35-,36+,37+,38-,39-,41+,42-,43+,44+,45-,46-,49+/m0/s1. The average Bonchev–Trinajstić information content (AvgIpc) is 3.30. The summed E-state index contributed by atoms with van der Waals surface area (Å²) in [4.78, 5) is 29.1. The molecule has 0 aliphatic carbocycles. The maximum Gasteiger partial charge on any atom is 0.338 e. The van der Waals surface area contributed by atoms with Gasteiger partial charge in [-0.3, -0.25) is 15.2 Å². The summed E-state index contributed by atoms with van der Waals surface area (Å²) in [6.45, 7) is 6.68. The van der Waals surface area contributed by atoms with E-state index in [1.54, 1.807) is 86.8 Å². The maximum atomic E-state index is 12.7. The summed E-state index contributed by atoms with van der Waals surface area (Å²) in [6, 6.07) is -3.86. The van der Waals surface area contributed by atoms with Crippen molar-refractivity contribution in [1.29, 1.82) is 0 Å². The molecule has 0 spiro atoms. The molecule has 23 heteroatoms. The fourth-order valence-electron chi connectivity index (χ4n) is 8.35. The van der Waals surface area contributed by atoms with Gasteiger partial charge in [0.2, 0.25) is 5.96 Å².